The zero-order valence-corrected chi connectivity index (χ0v) is 19.0. The summed E-state index contributed by atoms with van der Waals surface area (Å²) in [6.07, 6.45) is 5.44. The van der Waals surface area contributed by atoms with E-state index in [1.165, 1.54) is 0 Å². The number of ether oxygens (including phenoxy) is 1. The van der Waals surface area contributed by atoms with Gasteiger partial charge in [-0.1, -0.05) is 11.3 Å². The summed E-state index contributed by atoms with van der Waals surface area (Å²) in [6, 6.07) is 6.31. The summed E-state index contributed by atoms with van der Waals surface area (Å²) in [6.45, 7) is 3.20. The van der Waals surface area contributed by atoms with Gasteiger partial charge in [-0.05, 0) is 50.3 Å². The second kappa shape index (κ2) is 7.39. The van der Waals surface area contributed by atoms with Crippen LogP contribution in [0.4, 0.5) is 5.95 Å². The summed E-state index contributed by atoms with van der Waals surface area (Å²) in [5, 5.41) is 22.8. The molecule has 1 unspecified atom stereocenters. The van der Waals surface area contributed by atoms with Crippen molar-refractivity contribution in [3.8, 4) is 17.0 Å². The number of anilines is 1. The molecular weight excluding hydrogens is 420 g/mol. The molecule has 4 heterocycles. The molecule has 172 valence electrons. The highest BCUT2D eigenvalue weighted by Crippen LogP contribution is 2.42. The van der Waals surface area contributed by atoms with E-state index in [-0.39, 0.29) is 17.8 Å². The highest BCUT2D eigenvalue weighted by Gasteiger charge is 2.48. The van der Waals surface area contributed by atoms with Crippen LogP contribution < -0.4 is 10.1 Å². The Bertz CT molecular complexity index is 1340. The maximum Gasteiger partial charge on any atom is 0.228 e. The lowest BCUT2D eigenvalue weighted by atomic mass is 9.73. The van der Waals surface area contributed by atoms with Crippen molar-refractivity contribution in [3.63, 3.8) is 0 Å². The third kappa shape index (κ3) is 3.24. The van der Waals surface area contributed by atoms with Gasteiger partial charge in [0.15, 0.2) is 0 Å². The van der Waals surface area contributed by atoms with Crippen LogP contribution in [0, 0.1) is 0 Å². The van der Waals surface area contributed by atoms with Crippen LogP contribution in [-0.4, -0.2) is 71.4 Å². The van der Waals surface area contributed by atoms with E-state index in [0.29, 0.717) is 11.8 Å². The molecule has 0 amide bonds. The summed E-state index contributed by atoms with van der Waals surface area (Å²) in [7, 11) is 3.51. The fraction of sp³-hybridized carbons (Fsp3) is 0.478. The van der Waals surface area contributed by atoms with Crippen molar-refractivity contribution in [1.29, 1.82) is 0 Å². The number of likely N-dealkylation sites (tertiary alicyclic amines) is 1. The molecule has 6 rings (SSSR count). The predicted octanol–water partition coefficient (Wildman–Crippen LogP) is 2.66. The van der Waals surface area contributed by atoms with E-state index in [1.54, 1.807) is 11.8 Å². The highest BCUT2D eigenvalue weighted by molar-refractivity contribution is 5.99. The van der Waals surface area contributed by atoms with Crippen molar-refractivity contribution in [1.82, 2.24) is 34.8 Å². The van der Waals surface area contributed by atoms with E-state index in [2.05, 4.69) is 43.5 Å². The molecule has 2 aliphatic rings. The molecule has 0 spiro atoms. The maximum absolute atomic E-state index is 10.3. The van der Waals surface area contributed by atoms with Gasteiger partial charge in [-0.3, -0.25) is 4.90 Å². The van der Waals surface area contributed by atoms with Crippen LogP contribution in [0.5, 0.6) is 5.88 Å². The second-order valence-electron chi connectivity index (χ2n) is 9.46. The van der Waals surface area contributed by atoms with E-state index in [4.69, 9.17) is 9.72 Å². The minimum atomic E-state index is -0.317. The second-order valence-corrected chi connectivity index (χ2v) is 9.46. The first kappa shape index (κ1) is 20.4. The van der Waals surface area contributed by atoms with Gasteiger partial charge < -0.3 is 20.1 Å². The van der Waals surface area contributed by atoms with Gasteiger partial charge in [-0.25, -0.2) is 4.68 Å². The van der Waals surface area contributed by atoms with Crippen molar-refractivity contribution in [2.24, 2.45) is 7.05 Å². The van der Waals surface area contributed by atoms with Crippen molar-refractivity contribution in [3.05, 3.63) is 24.4 Å². The first-order chi connectivity index (χ1) is 15.9. The topological polar surface area (TPSA) is 117 Å². The molecular formula is C23H28N8O2. The molecule has 0 radical (unpaired) electrons. The van der Waals surface area contributed by atoms with Crippen molar-refractivity contribution in [2.45, 2.75) is 50.4 Å². The Morgan fingerprint density at radius 2 is 2.12 bits per heavy atom. The maximum atomic E-state index is 10.3. The van der Waals surface area contributed by atoms with Crippen LogP contribution in [-0.2, 0) is 7.05 Å². The van der Waals surface area contributed by atoms with Crippen molar-refractivity contribution in [2.75, 3.05) is 19.0 Å². The van der Waals surface area contributed by atoms with Crippen LogP contribution in [0.15, 0.2) is 24.4 Å². The third-order valence-corrected chi connectivity index (χ3v) is 7.23. The molecule has 10 nitrogen and oxygen atoms in total. The zero-order chi connectivity index (χ0) is 22.7. The number of nitrogens with zero attached hydrogens (tertiary/aromatic N) is 6. The summed E-state index contributed by atoms with van der Waals surface area (Å²) in [5.74, 6) is 1.08. The van der Waals surface area contributed by atoms with E-state index < -0.39 is 0 Å². The van der Waals surface area contributed by atoms with E-state index in [9.17, 15) is 5.11 Å². The quantitative estimate of drug-likeness (QED) is 0.427. The Balaban J connectivity index is 1.27. The van der Waals surface area contributed by atoms with Gasteiger partial charge in [0.2, 0.25) is 11.8 Å². The smallest absolute Gasteiger partial charge is 0.228 e. The molecule has 10 heteroatoms. The number of rotatable bonds is 5. The number of aliphatic hydroxyl groups excluding tert-OH is 1. The van der Waals surface area contributed by atoms with Crippen LogP contribution in [0.1, 0.15) is 32.6 Å². The molecule has 3 aromatic heterocycles. The average Bonchev–Trinajstić information content (AvgIpc) is 3.50. The number of aryl methyl sites for hydroxylation is 1. The summed E-state index contributed by atoms with van der Waals surface area (Å²) in [4.78, 5) is 14.9. The number of aromatic amines is 1. The number of hydrogen-bond donors (Lipinski definition) is 3. The van der Waals surface area contributed by atoms with Gasteiger partial charge in [-0.2, -0.15) is 9.97 Å². The number of H-pyrrole nitrogens is 1. The highest BCUT2D eigenvalue weighted by atomic mass is 16.5. The first-order valence-electron chi connectivity index (χ1n) is 11.4. The number of benzene rings is 1. The average molecular weight is 449 g/mol. The van der Waals surface area contributed by atoms with E-state index >= 15 is 0 Å². The lowest BCUT2D eigenvalue weighted by molar-refractivity contribution is -0.0701. The van der Waals surface area contributed by atoms with Crippen LogP contribution in [0.25, 0.3) is 33.2 Å². The van der Waals surface area contributed by atoms with Crippen molar-refractivity contribution >= 4 is 28.0 Å². The fourth-order valence-electron chi connectivity index (χ4n) is 5.54. The van der Waals surface area contributed by atoms with Gasteiger partial charge >= 0.3 is 0 Å². The Morgan fingerprint density at radius 3 is 2.88 bits per heavy atom. The predicted molar refractivity (Wildman–Crippen MR) is 125 cm³/mol. The number of aliphatic hydroxyl groups is 1. The molecule has 1 aromatic carbocycles. The van der Waals surface area contributed by atoms with Crippen LogP contribution in [0.3, 0.4) is 0 Å². The normalized spacial score (nSPS) is 25.6. The minimum absolute atomic E-state index is 0.0284. The standard InChI is InChI=1S/C23H28N8O2/c1-23(31-8-4-5-18(31)32)10-14(11-23)25-22-26-20-19(21(27-22)33-3)15(12-24-20)13-6-7-16-17(9-13)30(2)29-28-16/h6-7,9,12,14,18,32H,4-5,8,10-11H2,1-3H3,(H2,24,25,26,27). The van der Waals surface area contributed by atoms with E-state index in [1.807, 2.05) is 25.4 Å². The van der Waals surface area contributed by atoms with Gasteiger partial charge in [0.05, 0.1) is 18.0 Å². The molecule has 1 aliphatic heterocycles. The van der Waals surface area contributed by atoms with E-state index in [0.717, 1.165) is 65.4 Å². The summed E-state index contributed by atoms with van der Waals surface area (Å²) < 4.78 is 7.43. The molecule has 1 atom stereocenters. The van der Waals surface area contributed by atoms with Crippen molar-refractivity contribution < 1.29 is 9.84 Å². The summed E-state index contributed by atoms with van der Waals surface area (Å²) in [5.41, 5.74) is 4.54. The SMILES string of the molecule is COc1nc(NC2CC(C)(N3CCCC3O)C2)nc2[nH]cc(-c3ccc4nnn(C)c4c3)c12. The van der Waals surface area contributed by atoms with Gasteiger partial charge in [0, 0.05) is 36.9 Å². The Hall–Kier alpha value is -3.24. The number of aromatic nitrogens is 6. The lowest BCUT2D eigenvalue weighted by Crippen LogP contribution is -2.60. The molecule has 4 aromatic rings. The monoisotopic (exact) mass is 448 g/mol. The minimum Gasteiger partial charge on any atom is -0.480 e. The Labute approximate surface area is 191 Å². The third-order valence-electron chi connectivity index (χ3n) is 7.23. The van der Waals surface area contributed by atoms with Gasteiger partial charge in [0.1, 0.15) is 17.4 Å². The fourth-order valence-corrected chi connectivity index (χ4v) is 5.54. The number of methoxy groups -OCH3 is 1. The van der Waals surface area contributed by atoms with Gasteiger partial charge in [-0.15, -0.1) is 5.10 Å². The van der Waals surface area contributed by atoms with Gasteiger partial charge in [0.25, 0.3) is 0 Å². The van der Waals surface area contributed by atoms with Crippen LogP contribution in [0.2, 0.25) is 0 Å². The largest absolute Gasteiger partial charge is 0.480 e. The lowest BCUT2D eigenvalue weighted by Gasteiger charge is -2.52. The number of nitrogens with one attached hydrogen (secondary N) is 2. The molecule has 2 fully saturated rings. The first-order valence-corrected chi connectivity index (χ1v) is 11.4. The molecule has 1 saturated carbocycles. The molecule has 0 bridgehead atoms. The Kier molecular flexibility index (Phi) is 4.56. The molecule has 33 heavy (non-hydrogen) atoms. The number of hydrogen-bond acceptors (Lipinski definition) is 8. The molecule has 3 N–H and O–H groups in total. The number of fused-ring (bicyclic) bond motifs is 2. The molecule has 1 saturated heterocycles. The summed E-state index contributed by atoms with van der Waals surface area (Å²) >= 11 is 0. The van der Waals surface area contributed by atoms with Crippen LogP contribution >= 0.6 is 0 Å². The molecule has 1 aliphatic carbocycles. The Morgan fingerprint density at radius 1 is 1.27 bits per heavy atom. The zero-order valence-electron chi connectivity index (χ0n) is 19.0.